The van der Waals surface area contributed by atoms with Gasteiger partial charge in [-0.3, -0.25) is 0 Å². The van der Waals surface area contributed by atoms with Crippen molar-refractivity contribution in [3.63, 3.8) is 0 Å². The fraction of sp³-hybridized carbons (Fsp3) is 0.455. The minimum Gasteiger partial charge on any atom is -0.431 e. The Hall–Kier alpha value is -1.19. The molecule has 4 heteroatoms. The maximum Gasteiger partial charge on any atom is 0.387 e. The minimum absolute atomic E-state index is 0.00514. The number of rotatable bonds is 4. The number of para-hydroxylation sites is 1. The molecule has 84 valence electrons. The first-order valence-corrected chi connectivity index (χ1v) is 4.79. The van der Waals surface area contributed by atoms with Gasteiger partial charge in [-0.1, -0.05) is 26.0 Å². The van der Waals surface area contributed by atoms with Gasteiger partial charge in [-0.25, -0.2) is 4.39 Å². The Kier molecular flexibility index (Phi) is 4.00. The van der Waals surface area contributed by atoms with Crippen molar-refractivity contribution in [1.82, 2.24) is 0 Å². The molecule has 0 spiro atoms. The third kappa shape index (κ3) is 2.88. The van der Waals surface area contributed by atoms with Crippen molar-refractivity contribution >= 4 is 0 Å². The normalized spacial score (nSPS) is 12.9. The SMILES string of the molecule is CCC(C)c1cccc(F)c1OC(F)F. The summed E-state index contributed by atoms with van der Waals surface area (Å²) in [6.07, 6.45) is 0.739. The van der Waals surface area contributed by atoms with Crippen LogP contribution < -0.4 is 4.74 Å². The van der Waals surface area contributed by atoms with E-state index < -0.39 is 12.4 Å². The predicted octanol–water partition coefficient (Wildman–Crippen LogP) is 3.94. The Morgan fingerprint density at radius 2 is 2.00 bits per heavy atom. The minimum atomic E-state index is -3.00. The highest BCUT2D eigenvalue weighted by Gasteiger charge is 2.17. The van der Waals surface area contributed by atoms with E-state index in [1.165, 1.54) is 6.07 Å². The number of hydrogen-bond donors (Lipinski definition) is 0. The number of benzene rings is 1. The summed E-state index contributed by atoms with van der Waals surface area (Å²) >= 11 is 0. The lowest BCUT2D eigenvalue weighted by Crippen LogP contribution is -2.07. The van der Waals surface area contributed by atoms with E-state index >= 15 is 0 Å². The van der Waals surface area contributed by atoms with Gasteiger partial charge in [-0.2, -0.15) is 8.78 Å². The molecule has 0 heterocycles. The first-order valence-electron chi connectivity index (χ1n) is 4.79. The molecule has 0 amide bonds. The smallest absolute Gasteiger partial charge is 0.387 e. The lowest BCUT2D eigenvalue weighted by molar-refractivity contribution is -0.0529. The maximum atomic E-state index is 13.2. The van der Waals surface area contributed by atoms with Crippen LogP contribution in [0.2, 0.25) is 0 Å². The summed E-state index contributed by atoms with van der Waals surface area (Å²) in [5.74, 6) is -1.08. The van der Waals surface area contributed by atoms with Crippen LogP contribution >= 0.6 is 0 Å². The molecule has 1 nitrogen and oxygen atoms in total. The molecule has 1 rings (SSSR count). The van der Waals surface area contributed by atoms with Crippen molar-refractivity contribution in [3.8, 4) is 5.75 Å². The first kappa shape index (κ1) is 11.9. The fourth-order valence-electron chi connectivity index (χ4n) is 1.35. The predicted molar refractivity (Wildman–Crippen MR) is 51.7 cm³/mol. The molecule has 0 aliphatic heterocycles. The van der Waals surface area contributed by atoms with Gasteiger partial charge >= 0.3 is 6.61 Å². The lowest BCUT2D eigenvalue weighted by Gasteiger charge is -2.15. The average Bonchev–Trinajstić information content (AvgIpc) is 2.19. The van der Waals surface area contributed by atoms with Gasteiger partial charge in [0, 0.05) is 5.56 Å². The number of alkyl halides is 2. The average molecular weight is 218 g/mol. The van der Waals surface area contributed by atoms with Crippen LogP contribution in [-0.4, -0.2) is 6.61 Å². The molecule has 1 aromatic carbocycles. The summed E-state index contributed by atoms with van der Waals surface area (Å²) in [4.78, 5) is 0. The molecular weight excluding hydrogens is 205 g/mol. The molecule has 0 radical (unpaired) electrons. The van der Waals surface area contributed by atoms with Crippen LogP contribution in [0.3, 0.4) is 0 Å². The number of ether oxygens (including phenoxy) is 1. The van der Waals surface area contributed by atoms with Crippen molar-refractivity contribution in [2.75, 3.05) is 0 Å². The van der Waals surface area contributed by atoms with Crippen LogP contribution in [-0.2, 0) is 0 Å². The van der Waals surface area contributed by atoms with Crippen molar-refractivity contribution in [1.29, 1.82) is 0 Å². The summed E-state index contributed by atoms with van der Waals surface area (Å²) in [5.41, 5.74) is 0.484. The molecule has 0 bridgehead atoms. The Morgan fingerprint density at radius 3 is 2.53 bits per heavy atom. The maximum absolute atomic E-state index is 13.2. The van der Waals surface area contributed by atoms with E-state index in [-0.39, 0.29) is 11.7 Å². The lowest BCUT2D eigenvalue weighted by atomic mass is 9.97. The first-order chi connectivity index (χ1) is 7.06. The zero-order valence-corrected chi connectivity index (χ0v) is 8.64. The van der Waals surface area contributed by atoms with Crippen LogP contribution in [0, 0.1) is 5.82 Å². The van der Waals surface area contributed by atoms with Gasteiger partial charge in [0.15, 0.2) is 11.6 Å². The second-order valence-electron chi connectivity index (χ2n) is 3.35. The zero-order chi connectivity index (χ0) is 11.4. The van der Waals surface area contributed by atoms with Gasteiger partial charge in [0.25, 0.3) is 0 Å². The van der Waals surface area contributed by atoms with Crippen LogP contribution in [0.4, 0.5) is 13.2 Å². The molecule has 1 aromatic rings. The Bertz CT molecular complexity index is 326. The van der Waals surface area contributed by atoms with Crippen LogP contribution in [0.5, 0.6) is 5.75 Å². The van der Waals surface area contributed by atoms with Gasteiger partial charge in [0.1, 0.15) is 0 Å². The monoisotopic (exact) mass is 218 g/mol. The van der Waals surface area contributed by atoms with Gasteiger partial charge < -0.3 is 4.74 Å². The molecule has 0 saturated carbocycles. The molecule has 15 heavy (non-hydrogen) atoms. The summed E-state index contributed by atoms with van der Waals surface area (Å²) in [6, 6.07) is 4.22. The topological polar surface area (TPSA) is 9.23 Å². The summed E-state index contributed by atoms with van der Waals surface area (Å²) in [5, 5.41) is 0. The van der Waals surface area contributed by atoms with Crippen molar-refractivity contribution in [3.05, 3.63) is 29.6 Å². The molecule has 0 fully saturated rings. The van der Waals surface area contributed by atoms with E-state index in [2.05, 4.69) is 4.74 Å². The second kappa shape index (κ2) is 5.05. The molecular formula is C11H13F3O. The highest BCUT2D eigenvalue weighted by Crippen LogP contribution is 2.31. The van der Waals surface area contributed by atoms with Crippen molar-refractivity contribution in [2.24, 2.45) is 0 Å². The standard InChI is InChI=1S/C11H13F3O/c1-3-7(2)8-5-4-6-9(12)10(8)15-11(13)14/h4-7,11H,3H2,1-2H3. The number of halogens is 3. The molecule has 1 atom stereocenters. The largest absolute Gasteiger partial charge is 0.431 e. The van der Waals surface area contributed by atoms with Crippen LogP contribution in [0.1, 0.15) is 31.7 Å². The molecule has 1 unspecified atom stereocenters. The zero-order valence-electron chi connectivity index (χ0n) is 8.64. The Morgan fingerprint density at radius 1 is 1.33 bits per heavy atom. The quantitative estimate of drug-likeness (QED) is 0.743. The van der Waals surface area contributed by atoms with Gasteiger partial charge in [0.2, 0.25) is 0 Å². The molecule has 0 aromatic heterocycles. The molecule has 0 saturated heterocycles. The van der Waals surface area contributed by atoms with Crippen LogP contribution in [0.25, 0.3) is 0 Å². The molecule has 0 aliphatic rings. The Labute approximate surface area is 86.9 Å². The van der Waals surface area contributed by atoms with E-state index in [1.54, 1.807) is 6.07 Å². The highest BCUT2D eigenvalue weighted by atomic mass is 19.3. The van der Waals surface area contributed by atoms with E-state index in [9.17, 15) is 13.2 Å². The summed E-state index contributed by atoms with van der Waals surface area (Å²) in [6.45, 7) is 0.749. The molecule has 0 aliphatic carbocycles. The third-order valence-corrected chi connectivity index (χ3v) is 2.35. The van der Waals surface area contributed by atoms with E-state index in [1.807, 2.05) is 13.8 Å². The van der Waals surface area contributed by atoms with Crippen molar-refractivity contribution in [2.45, 2.75) is 32.8 Å². The fourth-order valence-corrected chi connectivity index (χ4v) is 1.35. The summed E-state index contributed by atoms with van der Waals surface area (Å²) < 4.78 is 41.6. The highest BCUT2D eigenvalue weighted by molar-refractivity contribution is 5.37. The van der Waals surface area contributed by atoms with Crippen LogP contribution in [0.15, 0.2) is 18.2 Å². The molecule has 0 N–H and O–H groups in total. The number of hydrogen-bond acceptors (Lipinski definition) is 1. The van der Waals surface area contributed by atoms with Crippen molar-refractivity contribution < 1.29 is 17.9 Å². The van der Waals surface area contributed by atoms with Gasteiger partial charge in [-0.05, 0) is 18.4 Å². The van der Waals surface area contributed by atoms with E-state index in [4.69, 9.17) is 0 Å². The van der Waals surface area contributed by atoms with E-state index in [0.29, 0.717) is 5.56 Å². The Balaban J connectivity index is 3.08. The van der Waals surface area contributed by atoms with Gasteiger partial charge in [-0.15, -0.1) is 0 Å². The van der Waals surface area contributed by atoms with E-state index in [0.717, 1.165) is 12.5 Å². The second-order valence-corrected chi connectivity index (χ2v) is 3.35. The van der Waals surface area contributed by atoms with Gasteiger partial charge in [0.05, 0.1) is 0 Å². The summed E-state index contributed by atoms with van der Waals surface area (Å²) in [7, 11) is 0. The third-order valence-electron chi connectivity index (χ3n) is 2.35.